The van der Waals surface area contributed by atoms with E-state index >= 15 is 0 Å². The van der Waals surface area contributed by atoms with Crippen molar-refractivity contribution >= 4 is 11.9 Å². The molecule has 138 valence electrons. The van der Waals surface area contributed by atoms with Gasteiger partial charge in [0.15, 0.2) is 11.5 Å². The van der Waals surface area contributed by atoms with E-state index in [1.165, 1.54) is 13.4 Å². The van der Waals surface area contributed by atoms with E-state index in [1.807, 2.05) is 6.07 Å². The first-order valence-electron chi connectivity index (χ1n) is 8.27. The van der Waals surface area contributed by atoms with Crippen LogP contribution in [0.3, 0.4) is 0 Å². The normalized spacial score (nSPS) is 16.1. The van der Waals surface area contributed by atoms with Gasteiger partial charge in [0, 0.05) is 6.54 Å². The Hall–Kier alpha value is -2.96. The highest BCUT2D eigenvalue weighted by Gasteiger charge is 2.34. The van der Waals surface area contributed by atoms with Crippen molar-refractivity contribution in [2.45, 2.75) is 25.8 Å². The topological polar surface area (TPSA) is 89.2 Å². The molecule has 0 saturated carbocycles. The number of amides is 1. The summed E-state index contributed by atoms with van der Waals surface area (Å²) in [5.41, 5.74) is 2.15. The van der Waals surface area contributed by atoms with Crippen molar-refractivity contribution in [1.82, 2.24) is 4.90 Å². The lowest BCUT2D eigenvalue weighted by Crippen LogP contribution is -2.41. The van der Waals surface area contributed by atoms with Crippen LogP contribution in [0.4, 0.5) is 0 Å². The summed E-state index contributed by atoms with van der Waals surface area (Å²) in [6.45, 7) is 2.18. The fraction of sp³-hybridized carbons (Fsp3) is 0.368. The van der Waals surface area contributed by atoms with Crippen LogP contribution in [0, 0.1) is 6.92 Å². The van der Waals surface area contributed by atoms with E-state index in [9.17, 15) is 14.7 Å². The second kappa shape index (κ2) is 7.11. The quantitative estimate of drug-likeness (QED) is 0.883. The van der Waals surface area contributed by atoms with Crippen molar-refractivity contribution in [3.8, 4) is 11.5 Å². The van der Waals surface area contributed by atoms with Crippen molar-refractivity contribution in [2.24, 2.45) is 0 Å². The molecule has 1 N–H and O–H groups in total. The lowest BCUT2D eigenvalue weighted by Gasteiger charge is -2.37. The van der Waals surface area contributed by atoms with E-state index in [1.54, 1.807) is 31.1 Å². The monoisotopic (exact) mass is 359 g/mol. The zero-order chi connectivity index (χ0) is 18.8. The Balaban J connectivity index is 2.03. The number of nitrogens with zero attached hydrogens (tertiary/aromatic N) is 1. The largest absolute Gasteiger partial charge is 0.493 e. The molecule has 0 radical (unpaired) electrons. The van der Waals surface area contributed by atoms with Gasteiger partial charge in [-0.15, -0.1) is 0 Å². The van der Waals surface area contributed by atoms with Gasteiger partial charge in [0.2, 0.25) is 0 Å². The average molecular weight is 359 g/mol. The number of ether oxygens (including phenoxy) is 2. The summed E-state index contributed by atoms with van der Waals surface area (Å²) in [4.78, 5) is 26.0. The summed E-state index contributed by atoms with van der Waals surface area (Å²) in [6, 6.07) is 4.69. The molecule has 1 aromatic heterocycles. The second-order valence-electron chi connectivity index (χ2n) is 6.21. The molecule has 1 aliphatic heterocycles. The Morgan fingerprint density at radius 1 is 1.23 bits per heavy atom. The minimum absolute atomic E-state index is 0.189. The van der Waals surface area contributed by atoms with E-state index in [0.717, 1.165) is 11.1 Å². The van der Waals surface area contributed by atoms with Crippen molar-refractivity contribution in [3.63, 3.8) is 0 Å². The molecule has 3 rings (SSSR count). The zero-order valence-corrected chi connectivity index (χ0v) is 14.9. The number of aryl methyl sites for hydroxylation is 1. The van der Waals surface area contributed by atoms with Crippen LogP contribution in [0.2, 0.25) is 0 Å². The first-order chi connectivity index (χ1) is 12.4. The molecule has 7 heteroatoms. The first kappa shape index (κ1) is 17.8. The second-order valence-corrected chi connectivity index (χ2v) is 6.21. The Kier molecular flexibility index (Phi) is 4.88. The summed E-state index contributed by atoms with van der Waals surface area (Å²) in [6.07, 6.45) is 1.82. The van der Waals surface area contributed by atoms with E-state index in [-0.39, 0.29) is 12.3 Å². The standard InChI is InChI=1S/C19H21NO6/c1-11-6-13(10-26-11)19(23)20-5-4-12-7-16(24-2)17(25-3)8-14(12)15(20)9-18(21)22/h6-8,10,15H,4-5,9H2,1-3H3,(H,21,22). The molecule has 0 aliphatic carbocycles. The van der Waals surface area contributed by atoms with Crippen LogP contribution in [0.1, 0.15) is 39.7 Å². The fourth-order valence-electron chi connectivity index (χ4n) is 3.38. The van der Waals surface area contributed by atoms with Crippen LogP contribution in [0.15, 0.2) is 28.9 Å². The Bertz CT molecular complexity index is 841. The van der Waals surface area contributed by atoms with Crippen molar-refractivity contribution in [2.75, 3.05) is 20.8 Å². The number of furan rings is 1. The van der Waals surface area contributed by atoms with Gasteiger partial charge in [-0.25, -0.2) is 0 Å². The maximum Gasteiger partial charge on any atom is 0.305 e. The van der Waals surface area contributed by atoms with Gasteiger partial charge in [0.05, 0.1) is 32.2 Å². The van der Waals surface area contributed by atoms with Crippen LogP contribution in [0.5, 0.6) is 11.5 Å². The number of carboxylic acids is 1. The van der Waals surface area contributed by atoms with Gasteiger partial charge in [-0.3, -0.25) is 9.59 Å². The molecule has 7 nitrogen and oxygen atoms in total. The number of aliphatic carboxylic acids is 1. The van der Waals surface area contributed by atoms with Crippen molar-refractivity contribution in [1.29, 1.82) is 0 Å². The summed E-state index contributed by atoms with van der Waals surface area (Å²) < 4.78 is 15.9. The first-order valence-corrected chi connectivity index (χ1v) is 8.27. The van der Waals surface area contributed by atoms with Crippen LogP contribution >= 0.6 is 0 Å². The number of rotatable bonds is 5. The average Bonchev–Trinajstić information content (AvgIpc) is 3.06. The van der Waals surface area contributed by atoms with E-state index in [0.29, 0.717) is 35.8 Å². The number of carbonyl (C=O) groups excluding carboxylic acids is 1. The zero-order valence-electron chi connectivity index (χ0n) is 14.9. The van der Waals surface area contributed by atoms with Gasteiger partial charge in [-0.2, -0.15) is 0 Å². The maximum absolute atomic E-state index is 12.9. The van der Waals surface area contributed by atoms with E-state index in [2.05, 4.69) is 0 Å². The third-order valence-corrected chi connectivity index (χ3v) is 4.61. The number of methoxy groups -OCH3 is 2. The predicted molar refractivity (Wildman–Crippen MR) is 92.7 cm³/mol. The minimum atomic E-state index is -0.973. The Morgan fingerprint density at radius 3 is 2.50 bits per heavy atom. The van der Waals surface area contributed by atoms with Gasteiger partial charge in [0.25, 0.3) is 5.91 Å². The van der Waals surface area contributed by atoms with Crippen molar-refractivity contribution in [3.05, 3.63) is 46.9 Å². The number of fused-ring (bicyclic) bond motifs is 1. The highest BCUT2D eigenvalue weighted by molar-refractivity contribution is 5.94. The summed E-state index contributed by atoms with van der Waals surface area (Å²) in [5.74, 6) is 0.514. The summed E-state index contributed by atoms with van der Waals surface area (Å²) in [7, 11) is 3.08. The summed E-state index contributed by atoms with van der Waals surface area (Å²) >= 11 is 0. The van der Waals surface area contributed by atoms with Crippen LogP contribution in [-0.4, -0.2) is 42.6 Å². The highest BCUT2D eigenvalue weighted by Crippen LogP contribution is 2.40. The molecule has 2 heterocycles. The number of carboxylic acid groups (broad SMARTS) is 1. The molecular weight excluding hydrogens is 338 g/mol. The molecule has 1 aromatic carbocycles. The number of carbonyl (C=O) groups is 2. The predicted octanol–water partition coefficient (Wildman–Crippen LogP) is 2.82. The smallest absolute Gasteiger partial charge is 0.305 e. The van der Waals surface area contributed by atoms with Gasteiger partial charge in [-0.05, 0) is 42.7 Å². The van der Waals surface area contributed by atoms with E-state index < -0.39 is 12.0 Å². The third-order valence-electron chi connectivity index (χ3n) is 4.61. The van der Waals surface area contributed by atoms with Crippen LogP contribution in [0.25, 0.3) is 0 Å². The SMILES string of the molecule is COc1cc2c(cc1OC)C(CC(=O)O)N(C(=O)c1coc(C)c1)CC2. The van der Waals surface area contributed by atoms with Gasteiger partial charge >= 0.3 is 5.97 Å². The molecule has 1 aliphatic rings. The van der Waals surface area contributed by atoms with Crippen LogP contribution in [-0.2, 0) is 11.2 Å². The molecule has 1 unspecified atom stereocenters. The maximum atomic E-state index is 12.9. The van der Waals surface area contributed by atoms with E-state index in [4.69, 9.17) is 13.9 Å². The lowest BCUT2D eigenvalue weighted by molar-refractivity contribution is -0.138. The highest BCUT2D eigenvalue weighted by atomic mass is 16.5. The van der Waals surface area contributed by atoms with Gasteiger partial charge in [-0.1, -0.05) is 0 Å². The van der Waals surface area contributed by atoms with Gasteiger partial charge < -0.3 is 23.9 Å². The van der Waals surface area contributed by atoms with Gasteiger partial charge in [0.1, 0.15) is 12.0 Å². The molecule has 0 spiro atoms. The van der Waals surface area contributed by atoms with Crippen molar-refractivity contribution < 1.29 is 28.6 Å². The lowest BCUT2D eigenvalue weighted by atomic mass is 9.89. The number of benzene rings is 1. The molecule has 1 amide bonds. The fourth-order valence-corrected chi connectivity index (χ4v) is 3.38. The van der Waals surface area contributed by atoms with Crippen LogP contribution < -0.4 is 9.47 Å². The molecule has 1 atom stereocenters. The molecule has 0 saturated heterocycles. The molecule has 0 fully saturated rings. The molecule has 26 heavy (non-hydrogen) atoms. The molecule has 2 aromatic rings. The summed E-state index contributed by atoms with van der Waals surface area (Å²) in [5, 5.41) is 9.38. The molecule has 0 bridgehead atoms. The third kappa shape index (κ3) is 3.24. The Morgan fingerprint density at radius 2 is 1.92 bits per heavy atom. The minimum Gasteiger partial charge on any atom is -0.493 e. The Labute approximate surface area is 151 Å². The number of hydrogen-bond acceptors (Lipinski definition) is 5. The number of hydrogen-bond donors (Lipinski definition) is 1. The molecular formula is C19H21NO6.